The fraction of sp³-hybridized carbons (Fsp3) is 0.538. The molecule has 2 rings (SSSR count). The fourth-order valence-electron chi connectivity index (χ4n) is 2.10. The number of hydrogen-bond donors (Lipinski definition) is 0. The van der Waals surface area contributed by atoms with Crippen molar-refractivity contribution in [1.29, 1.82) is 0 Å². The highest BCUT2D eigenvalue weighted by molar-refractivity contribution is 5.15. The first-order valence-electron chi connectivity index (χ1n) is 5.37. The van der Waals surface area contributed by atoms with Crippen molar-refractivity contribution in [3.63, 3.8) is 0 Å². The Morgan fingerprint density at radius 2 is 2.00 bits per heavy atom. The monoisotopic (exact) mass is 190 g/mol. The predicted octanol–water partition coefficient (Wildman–Crippen LogP) is 3.19. The minimum Gasteiger partial charge on any atom is -0.372 e. The number of rotatable bonds is 2. The van der Waals surface area contributed by atoms with Gasteiger partial charge in [-0.2, -0.15) is 0 Å². The summed E-state index contributed by atoms with van der Waals surface area (Å²) in [6, 6.07) is 10.6. The summed E-state index contributed by atoms with van der Waals surface area (Å²) in [5, 5.41) is 0. The lowest BCUT2D eigenvalue weighted by atomic mass is 10.0. The minimum atomic E-state index is 0.0967. The van der Waals surface area contributed by atoms with E-state index in [2.05, 4.69) is 44.2 Å². The Balaban J connectivity index is 1.94. The van der Waals surface area contributed by atoms with Crippen molar-refractivity contribution in [2.75, 3.05) is 0 Å². The van der Waals surface area contributed by atoms with Crippen LogP contribution in [0, 0.1) is 0 Å². The first kappa shape index (κ1) is 9.72. The lowest BCUT2D eigenvalue weighted by Crippen LogP contribution is -2.21. The van der Waals surface area contributed by atoms with Crippen molar-refractivity contribution in [1.82, 2.24) is 0 Å². The van der Waals surface area contributed by atoms with Crippen molar-refractivity contribution in [3.05, 3.63) is 35.9 Å². The van der Waals surface area contributed by atoms with Crippen LogP contribution in [-0.4, -0.2) is 11.7 Å². The largest absolute Gasteiger partial charge is 0.372 e. The van der Waals surface area contributed by atoms with Gasteiger partial charge < -0.3 is 4.74 Å². The van der Waals surface area contributed by atoms with Gasteiger partial charge in [0.05, 0.1) is 11.7 Å². The molecule has 1 nitrogen and oxygen atoms in total. The summed E-state index contributed by atoms with van der Waals surface area (Å²) in [5.41, 5.74) is 1.48. The van der Waals surface area contributed by atoms with Crippen LogP contribution < -0.4 is 0 Å². The average molecular weight is 190 g/mol. The molecule has 0 radical (unpaired) electrons. The Labute approximate surface area is 86.1 Å². The molecule has 0 aromatic heterocycles. The van der Waals surface area contributed by atoms with E-state index in [1.54, 1.807) is 0 Å². The molecule has 1 unspecified atom stereocenters. The molecule has 0 amide bonds. The van der Waals surface area contributed by atoms with Gasteiger partial charge in [0.25, 0.3) is 0 Å². The van der Waals surface area contributed by atoms with Gasteiger partial charge >= 0.3 is 0 Å². The summed E-state index contributed by atoms with van der Waals surface area (Å²) < 4.78 is 5.95. The maximum atomic E-state index is 5.95. The van der Waals surface area contributed by atoms with Crippen LogP contribution in [0.3, 0.4) is 0 Å². The minimum absolute atomic E-state index is 0.0967. The van der Waals surface area contributed by atoms with E-state index >= 15 is 0 Å². The van der Waals surface area contributed by atoms with Crippen LogP contribution in [0.15, 0.2) is 30.3 Å². The molecule has 0 spiro atoms. The van der Waals surface area contributed by atoms with Gasteiger partial charge in [-0.25, -0.2) is 0 Å². The smallest absolute Gasteiger partial charge is 0.0631 e. The molecule has 1 saturated heterocycles. The predicted molar refractivity (Wildman–Crippen MR) is 58.3 cm³/mol. The quantitative estimate of drug-likeness (QED) is 0.696. The highest BCUT2D eigenvalue weighted by atomic mass is 16.5. The Morgan fingerprint density at radius 3 is 2.57 bits per heavy atom. The van der Waals surface area contributed by atoms with Gasteiger partial charge in [0.15, 0.2) is 0 Å². The molecule has 14 heavy (non-hydrogen) atoms. The molecular weight excluding hydrogens is 172 g/mol. The van der Waals surface area contributed by atoms with E-state index in [1.165, 1.54) is 18.4 Å². The summed E-state index contributed by atoms with van der Waals surface area (Å²) in [6.07, 6.45) is 3.86. The SMILES string of the molecule is CC1(C)CCC(Cc2ccccc2)O1. The summed E-state index contributed by atoms with van der Waals surface area (Å²) in [7, 11) is 0. The van der Waals surface area contributed by atoms with Crippen LogP contribution in [0.1, 0.15) is 32.3 Å². The molecule has 1 aliphatic rings. The molecule has 1 atom stereocenters. The van der Waals surface area contributed by atoms with Gasteiger partial charge in [0.2, 0.25) is 0 Å². The van der Waals surface area contributed by atoms with Crippen molar-refractivity contribution in [2.24, 2.45) is 0 Å². The first-order chi connectivity index (χ1) is 6.66. The standard InChI is InChI=1S/C13H18O/c1-13(2)9-8-12(14-13)10-11-6-4-3-5-7-11/h3-7,12H,8-10H2,1-2H3. The van der Waals surface area contributed by atoms with E-state index in [-0.39, 0.29) is 5.60 Å². The molecule has 0 N–H and O–H groups in total. The Hall–Kier alpha value is -0.820. The zero-order valence-corrected chi connectivity index (χ0v) is 8.99. The Morgan fingerprint density at radius 1 is 1.29 bits per heavy atom. The molecule has 1 aromatic rings. The molecule has 1 aliphatic heterocycles. The number of benzene rings is 1. The summed E-state index contributed by atoms with van der Waals surface area (Å²) in [6.45, 7) is 4.36. The highest BCUT2D eigenvalue weighted by Crippen LogP contribution is 2.30. The van der Waals surface area contributed by atoms with Crippen LogP contribution >= 0.6 is 0 Å². The third kappa shape index (κ3) is 2.36. The Bertz CT molecular complexity index is 289. The fourth-order valence-corrected chi connectivity index (χ4v) is 2.10. The highest BCUT2D eigenvalue weighted by Gasteiger charge is 2.31. The first-order valence-corrected chi connectivity index (χ1v) is 5.37. The maximum absolute atomic E-state index is 5.95. The summed E-state index contributed by atoms with van der Waals surface area (Å²) in [4.78, 5) is 0. The average Bonchev–Trinajstić information content (AvgIpc) is 2.47. The molecule has 0 saturated carbocycles. The molecule has 0 aliphatic carbocycles. The van der Waals surface area contributed by atoms with Crippen molar-refractivity contribution in [2.45, 2.75) is 44.8 Å². The molecule has 1 heteroatoms. The van der Waals surface area contributed by atoms with Crippen LogP contribution in [0.4, 0.5) is 0 Å². The second kappa shape index (κ2) is 3.74. The zero-order valence-electron chi connectivity index (χ0n) is 8.99. The molecule has 76 valence electrons. The van der Waals surface area contributed by atoms with Gasteiger partial charge in [-0.15, -0.1) is 0 Å². The van der Waals surface area contributed by atoms with Crippen molar-refractivity contribution in [3.8, 4) is 0 Å². The van der Waals surface area contributed by atoms with E-state index in [0.29, 0.717) is 6.10 Å². The molecular formula is C13H18O. The molecule has 1 heterocycles. The Kier molecular flexibility index (Phi) is 2.60. The van der Waals surface area contributed by atoms with Crippen LogP contribution in [0.2, 0.25) is 0 Å². The van der Waals surface area contributed by atoms with Gasteiger partial charge in [-0.05, 0) is 38.7 Å². The third-order valence-electron chi connectivity index (χ3n) is 2.86. The number of hydrogen-bond acceptors (Lipinski definition) is 1. The van der Waals surface area contributed by atoms with Crippen LogP contribution in [0.5, 0.6) is 0 Å². The van der Waals surface area contributed by atoms with E-state index in [0.717, 1.165) is 6.42 Å². The summed E-state index contributed by atoms with van der Waals surface area (Å²) in [5.74, 6) is 0. The van der Waals surface area contributed by atoms with Crippen molar-refractivity contribution < 1.29 is 4.74 Å². The van der Waals surface area contributed by atoms with E-state index in [1.807, 2.05) is 0 Å². The third-order valence-corrected chi connectivity index (χ3v) is 2.86. The van der Waals surface area contributed by atoms with E-state index < -0.39 is 0 Å². The second-order valence-corrected chi connectivity index (χ2v) is 4.73. The second-order valence-electron chi connectivity index (χ2n) is 4.73. The maximum Gasteiger partial charge on any atom is 0.0631 e. The molecule has 1 aromatic carbocycles. The lowest BCUT2D eigenvalue weighted by Gasteiger charge is -2.19. The van der Waals surface area contributed by atoms with Crippen molar-refractivity contribution >= 4 is 0 Å². The van der Waals surface area contributed by atoms with Gasteiger partial charge in [-0.1, -0.05) is 30.3 Å². The lowest BCUT2D eigenvalue weighted by molar-refractivity contribution is -0.0145. The summed E-state index contributed by atoms with van der Waals surface area (Å²) >= 11 is 0. The van der Waals surface area contributed by atoms with E-state index in [9.17, 15) is 0 Å². The zero-order chi connectivity index (χ0) is 10.0. The van der Waals surface area contributed by atoms with Crippen LogP contribution in [-0.2, 0) is 11.2 Å². The normalized spacial score (nSPS) is 25.1. The van der Waals surface area contributed by atoms with Gasteiger partial charge in [-0.3, -0.25) is 0 Å². The number of ether oxygens (including phenoxy) is 1. The molecule has 0 bridgehead atoms. The topological polar surface area (TPSA) is 9.23 Å². The van der Waals surface area contributed by atoms with Gasteiger partial charge in [0, 0.05) is 0 Å². The van der Waals surface area contributed by atoms with Gasteiger partial charge in [0.1, 0.15) is 0 Å². The molecule has 1 fully saturated rings. The van der Waals surface area contributed by atoms with E-state index in [4.69, 9.17) is 4.74 Å². The van der Waals surface area contributed by atoms with Crippen LogP contribution in [0.25, 0.3) is 0 Å².